The third-order valence-corrected chi connectivity index (χ3v) is 3.16. The molecule has 6 heteroatoms. The Bertz CT molecular complexity index is 424. The normalized spacial score (nSPS) is 21.1. The summed E-state index contributed by atoms with van der Waals surface area (Å²) >= 11 is 0. The van der Waals surface area contributed by atoms with Crippen LogP contribution in [0.3, 0.4) is 0 Å². The molecule has 0 aliphatic carbocycles. The Morgan fingerprint density at radius 3 is 2.21 bits per heavy atom. The van der Waals surface area contributed by atoms with Crippen LogP contribution in [-0.2, 0) is 19.1 Å². The highest BCUT2D eigenvalue weighted by Gasteiger charge is 2.25. The molecule has 0 amide bonds. The molecule has 2 aliphatic rings. The monoisotopic (exact) mass is 264 g/mol. The standard InChI is InChI=1S/C13H16N2O4/c14-8-10(9-15-6-2-1-3-7-15)13-18-11(16)4-5-12(17)19-13/h1-7,9H2. The zero-order chi connectivity index (χ0) is 13.7. The van der Waals surface area contributed by atoms with Crippen molar-refractivity contribution in [2.45, 2.75) is 32.1 Å². The third kappa shape index (κ3) is 3.80. The minimum atomic E-state index is -0.535. The molecular weight excluding hydrogens is 248 g/mol. The van der Waals surface area contributed by atoms with Crippen molar-refractivity contribution in [1.82, 2.24) is 4.90 Å². The molecule has 19 heavy (non-hydrogen) atoms. The van der Waals surface area contributed by atoms with E-state index in [-0.39, 0.29) is 24.4 Å². The van der Waals surface area contributed by atoms with Crippen molar-refractivity contribution in [3.05, 3.63) is 11.5 Å². The minimum Gasteiger partial charge on any atom is -0.392 e. The van der Waals surface area contributed by atoms with Gasteiger partial charge in [0.05, 0.1) is 12.8 Å². The van der Waals surface area contributed by atoms with E-state index >= 15 is 0 Å². The Morgan fingerprint density at radius 2 is 1.68 bits per heavy atom. The van der Waals surface area contributed by atoms with Crippen LogP contribution in [-0.4, -0.2) is 36.5 Å². The summed E-state index contributed by atoms with van der Waals surface area (Å²) in [5.41, 5.74) is 0.200. The Balaban J connectivity index is 2.12. The van der Waals surface area contributed by atoms with E-state index in [1.807, 2.05) is 6.07 Å². The average Bonchev–Trinajstić information content (AvgIpc) is 2.59. The average molecular weight is 264 g/mol. The fourth-order valence-electron chi connectivity index (χ4n) is 2.14. The lowest BCUT2D eigenvalue weighted by Crippen LogP contribution is -2.32. The third-order valence-electron chi connectivity index (χ3n) is 3.16. The van der Waals surface area contributed by atoms with Crippen molar-refractivity contribution in [2.75, 3.05) is 19.6 Å². The van der Waals surface area contributed by atoms with Gasteiger partial charge in [-0.05, 0) is 25.9 Å². The number of nitrogens with zero attached hydrogens (tertiary/aromatic N) is 2. The maximum atomic E-state index is 11.3. The van der Waals surface area contributed by atoms with Gasteiger partial charge in [-0.3, -0.25) is 14.5 Å². The molecule has 2 aliphatic heterocycles. The van der Waals surface area contributed by atoms with Gasteiger partial charge >= 0.3 is 17.9 Å². The highest BCUT2D eigenvalue weighted by molar-refractivity contribution is 5.80. The van der Waals surface area contributed by atoms with Gasteiger partial charge in [0.1, 0.15) is 11.6 Å². The van der Waals surface area contributed by atoms with Crippen molar-refractivity contribution in [1.29, 1.82) is 5.26 Å². The van der Waals surface area contributed by atoms with Crippen LogP contribution in [0.4, 0.5) is 0 Å². The molecule has 2 fully saturated rings. The molecule has 0 N–H and O–H groups in total. The molecule has 6 nitrogen and oxygen atoms in total. The van der Waals surface area contributed by atoms with Gasteiger partial charge in [-0.15, -0.1) is 0 Å². The van der Waals surface area contributed by atoms with Crippen LogP contribution in [0.5, 0.6) is 0 Å². The minimum absolute atomic E-state index is 0.00917. The Hall–Kier alpha value is -1.87. The number of likely N-dealkylation sites (tertiary alicyclic amines) is 1. The Morgan fingerprint density at radius 1 is 1.11 bits per heavy atom. The van der Waals surface area contributed by atoms with Gasteiger partial charge in [0.15, 0.2) is 0 Å². The molecule has 0 aromatic heterocycles. The van der Waals surface area contributed by atoms with Gasteiger partial charge < -0.3 is 9.47 Å². The highest BCUT2D eigenvalue weighted by Crippen LogP contribution is 2.18. The van der Waals surface area contributed by atoms with E-state index in [4.69, 9.17) is 14.7 Å². The van der Waals surface area contributed by atoms with Gasteiger partial charge in [0.2, 0.25) is 0 Å². The highest BCUT2D eigenvalue weighted by atomic mass is 16.7. The van der Waals surface area contributed by atoms with Gasteiger partial charge in [-0.2, -0.15) is 5.26 Å². The van der Waals surface area contributed by atoms with E-state index in [0.717, 1.165) is 25.9 Å². The van der Waals surface area contributed by atoms with E-state index in [1.54, 1.807) is 0 Å². The first-order valence-electron chi connectivity index (χ1n) is 6.46. The van der Waals surface area contributed by atoms with Gasteiger partial charge in [0, 0.05) is 6.54 Å². The number of piperidine rings is 1. The topological polar surface area (TPSA) is 79.6 Å². The smallest absolute Gasteiger partial charge is 0.314 e. The number of rotatable bonds is 2. The van der Waals surface area contributed by atoms with Gasteiger partial charge in [-0.25, -0.2) is 0 Å². The van der Waals surface area contributed by atoms with Crippen LogP contribution in [0.2, 0.25) is 0 Å². The van der Waals surface area contributed by atoms with Crippen molar-refractivity contribution in [3.8, 4) is 6.07 Å². The van der Waals surface area contributed by atoms with Crippen molar-refractivity contribution >= 4 is 11.9 Å². The molecule has 0 radical (unpaired) electrons. The molecule has 0 saturated carbocycles. The van der Waals surface area contributed by atoms with Crippen molar-refractivity contribution in [2.24, 2.45) is 0 Å². The second kappa shape index (κ2) is 6.34. The molecule has 0 spiro atoms. The first-order chi connectivity index (χ1) is 9.19. The van der Waals surface area contributed by atoms with E-state index in [0.29, 0.717) is 6.54 Å². The lowest BCUT2D eigenvalue weighted by molar-refractivity contribution is -0.147. The summed E-state index contributed by atoms with van der Waals surface area (Å²) in [6, 6.07) is 1.97. The summed E-state index contributed by atoms with van der Waals surface area (Å²) in [6.07, 6.45) is 3.36. The van der Waals surface area contributed by atoms with Crippen LogP contribution in [0.1, 0.15) is 32.1 Å². The number of carbonyl (C=O) groups is 2. The molecule has 2 rings (SSSR count). The summed E-state index contributed by atoms with van der Waals surface area (Å²) in [4.78, 5) is 24.8. The number of ether oxygens (including phenoxy) is 2. The van der Waals surface area contributed by atoms with E-state index in [2.05, 4.69) is 4.90 Å². The van der Waals surface area contributed by atoms with Crippen LogP contribution in [0, 0.1) is 11.3 Å². The largest absolute Gasteiger partial charge is 0.392 e. The number of nitriles is 1. The lowest BCUT2D eigenvalue weighted by Gasteiger charge is -2.26. The second-order valence-corrected chi connectivity index (χ2v) is 4.66. The predicted molar refractivity (Wildman–Crippen MR) is 64.3 cm³/mol. The van der Waals surface area contributed by atoms with E-state index in [9.17, 15) is 9.59 Å². The van der Waals surface area contributed by atoms with E-state index < -0.39 is 11.9 Å². The molecule has 2 heterocycles. The van der Waals surface area contributed by atoms with Crippen molar-refractivity contribution in [3.63, 3.8) is 0 Å². The Kier molecular flexibility index (Phi) is 4.53. The fourth-order valence-corrected chi connectivity index (χ4v) is 2.14. The molecule has 0 atom stereocenters. The SMILES string of the molecule is N#CC(CN1CCCCC1)=C1OC(=O)CCC(=O)O1. The molecule has 0 aromatic rings. The van der Waals surface area contributed by atoms with Gasteiger partial charge in [0.25, 0.3) is 0 Å². The number of hydrogen-bond donors (Lipinski definition) is 0. The summed E-state index contributed by atoms with van der Waals surface area (Å²) < 4.78 is 9.85. The predicted octanol–water partition coefficient (Wildman–Crippen LogP) is 1.09. The number of esters is 2. The zero-order valence-electron chi connectivity index (χ0n) is 10.7. The summed E-state index contributed by atoms with van der Waals surface area (Å²) in [6.45, 7) is 2.16. The van der Waals surface area contributed by atoms with Gasteiger partial charge in [-0.1, -0.05) is 6.42 Å². The van der Waals surface area contributed by atoms with Crippen LogP contribution >= 0.6 is 0 Å². The molecule has 0 bridgehead atoms. The molecule has 0 unspecified atom stereocenters. The lowest BCUT2D eigenvalue weighted by atomic mass is 10.1. The first-order valence-corrected chi connectivity index (χ1v) is 6.46. The number of cyclic esters (lactones) is 2. The zero-order valence-corrected chi connectivity index (χ0v) is 10.7. The molecule has 2 saturated heterocycles. The number of carbonyl (C=O) groups excluding carboxylic acids is 2. The first kappa shape index (κ1) is 13.6. The molecule has 102 valence electrons. The summed E-state index contributed by atoms with van der Waals surface area (Å²) in [5, 5.41) is 9.16. The summed E-state index contributed by atoms with van der Waals surface area (Å²) in [7, 11) is 0. The van der Waals surface area contributed by atoms with Crippen molar-refractivity contribution < 1.29 is 19.1 Å². The molecule has 0 aromatic carbocycles. The van der Waals surface area contributed by atoms with Crippen LogP contribution in [0.25, 0.3) is 0 Å². The van der Waals surface area contributed by atoms with Crippen LogP contribution < -0.4 is 0 Å². The summed E-state index contributed by atoms with van der Waals surface area (Å²) in [5.74, 6) is -1.31. The van der Waals surface area contributed by atoms with E-state index in [1.165, 1.54) is 6.42 Å². The number of hydrogen-bond acceptors (Lipinski definition) is 6. The quantitative estimate of drug-likeness (QED) is 0.548. The second-order valence-electron chi connectivity index (χ2n) is 4.66. The maximum absolute atomic E-state index is 11.3. The Labute approximate surface area is 111 Å². The maximum Gasteiger partial charge on any atom is 0.314 e. The van der Waals surface area contributed by atoms with Crippen LogP contribution in [0.15, 0.2) is 11.5 Å². The fraction of sp³-hybridized carbons (Fsp3) is 0.615. The molecular formula is C13H16N2O4.